The number of carboxylic acid groups (broad SMARTS) is 1. The Morgan fingerprint density at radius 1 is 1.40 bits per heavy atom. The number of rotatable bonds is 6. The first-order chi connectivity index (χ1) is 7.09. The molecule has 3 N–H and O–H groups in total. The van der Waals surface area contributed by atoms with E-state index in [1.54, 1.807) is 0 Å². The van der Waals surface area contributed by atoms with E-state index in [4.69, 9.17) is 5.11 Å². The zero-order valence-corrected chi connectivity index (χ0v) is 8.95. The third-order valence-electron chi connectivity index (χ3n) is 2.65. The largest absolute Gasteiger partial charge is 0.481 e. The first kappa shape index (κ1) is 11.8. The Labute approximate surface area is 89.2 Å². The lowest BCUT2D eigenvalue weighted by molar-refractivity contribution is -0.137. The van der Waals surface area contributed by atoms with Crippen molar-refractivity contribution in [2.75, 3.05) is 13.1 Å². The number of aliphatic carboxylic acids is 1. The number of carboxylic acids is 1. The fourth-order valence-electron chi connectivity index (χ4n) is 1.41. The highest BCUT2D eigenvalue weighted by Crippen LogP contribution is 2.36. The smallest absolute Gasteiger partial charge is 0.314 e. The van der Waals surface area contributed by atoms with Gasteiger partial charge >= 0.3 is 12.0 Å². The number of hydrogen-bond donors (Lipinski definition) is 3. The summed E-state index contributed by atoms with van der Waals surface area (Å²) < 4.78 is 0. The molecule has 0 aromatic rings. The summed E-state index contributed by atoms with van der Waals surface area (Å²) in [5, 5.41) is 13.8. The van der Waals surface area contributed by atoms with Crippen molar-refractivity contribution in [3.05, 3.63) is 0 Å². The molecule has 1 aliphatic carbocycles. The van der Waals surface area contributed by atoms with Crippen LogP contribution in [0.3, 0.4) is 0 Å². The molecule has 1 fully saturated rings. The van der Waals surface area contributed by atoms with Gasteiger partial charge in [0.1, 0.15) is 0 Å². The van der Waals surface area contributed by atoms with Crippen LogP contribution in [-0.2, 0) is 4.79 Å². The molecule has 2 atom stereocenters. The molecule has 2 unspecified atom stereocenters. The van der Waals surface area contributed by atoms with Gasteiger partial charge in [-0.15, -0.1) is 0 Å². The molecule has 1 saturated carbocycles. The number of carbonyl (C=O) groups excluding carboxylic acids is 1. The first-order valence-electron chi connectivity index (χ1n) is 5.33. The molecule has 0 heterocycles. The van der Waals surface area contributed by atoms with E-state index >= 15 is 0 Å². The van der Waals surface area contributed by atoms with Crippen LogP contribution in [0.1, 0.15) is 26.2 Å². The average Bonchev–Trinajstić information content (AvgIpc) is 2.86. The van der Waals surface area contributed by atoms with Crippen LogP contribution in [0, 0.1) is 11.8 Å². The van der Waals surface area contributed by atoms with Gasteiger partial charge in [0.15, 0.2) is 0 Å². The summed E-state index contributed by atoms with van der Waals surface area (Å²) >= 11 is 0. The molecule has 86 valence electrons. The van der Waals surface area contributed by atoms with E-state index in [1.807, 2.05) is 0 Å². The fourth-order valence-corrected chi connectivity index (χ4v) is 1.41. The number of nitrogens with one attached hydrogen (secondary N) is 2. The van der Waals surface area contributed by atoms with E-state index in [0.717, 1.165) is 12.5 Å². The van der Waals surface area contributed by atoms with Gasteiger partial charge in [0.05, 0.1) is 0 Å². The fraction of sp³-hybridized carbons (Fsp3) is 0.800. The standard InChI is InChI=1S/C10H18N2O3/c1-7-5-8(7)6-12-10(15)11-4-2-3-9(13)14/h7-8H,2-6H2,1H3,(H,13,14)(H2,11,12,15). The SMILES string of the molecule is CC1CC1CNC(=O)NCCCC(=O)O. The summed E-state index contributed by atoms with van der Waals surface area (Å²) in [6.07, 6.45) is 1.77. The molecular weight excluding hydrogens is 196 g/mol. The molecule has 2 amide bonds. The van der Waals surface area contributed by atoms with Gasteiger partial charge in [-0.2, -0.15) is 0 Å². The second kappa shape index (κ2) is 5.58. The molecule has 0 spiro atoms. The van der Waals surface area contributed by atoms with Gasteiger partial charge in [-0.25, -0.2) is 4.79 Å². The van der Waals surface area contributed by atoms with Gasteiger partial charge in [0, 0.05) is 19.5 Å². The molecule has 1 rings (SSSR count). The molecule has 0 aromatic heterocycles. The topological polar surface area (TPSA) is 78.4 Å². The zero-order valence-electron chi connectivity index (χ0n) is 8.95. The van der Waals surface area contributed by atoms with Crippen molar-refractivity contribution < 1.29 is 14.7 Å². The van der Waals surface area contributed by atoms with Crippen LogP contribution in [0.2, 0.25) is 0 Å². The predicted molar refractivity (Wildman–Crippen MR) is 55.5 cm³/mol. The second-order valence-electron chi connectivity index (χ2n) is 4.11. The summed E-state index contributed by atoms with van der Waals surface area (Å²) in [6, 6.07) is -0.195. The Morgan fingerprint density at radius 3 is 2.60 bits per heavy atom. The van der Waals surface area contributed by atoms with Crippen LogP contribution in [0.4, 0.5) is 4.79 Å². The Hall–Kier alpha value is -1.26. The molecule has 5 heteroatoms. The van der Waals surface area contributed by atoms with Crippen LogP contribution >= 0.6 is 0 Å². The number of carbonyl (C=O) groups is 2. The van der Waals surface area contributed by atoms with E-state index in [9.17, 15) is 9.59 Å². The maximum atomic E-state index is 11.2. The normalized spacial score (nSPS) is 23.3. The van der Waals surface area contributed by atoms with Gasteiger partial charge in [0.2, 0.25) is 0 Å². The monoisotopic (exact) mass is 214 g/mol. The molecule has 15 heavy (non-hydrogen) atoms. The summed E-state index contributed by atoms with van der Waals surface area (Å²) in [5.41, 5.74) is 0. The van der Waals surface area contributed by atoms with Crippen LogP contribution < -0.4 is 10.6 Å². The predicted octanol–water partition coefficient (Wildman–Crippen LogP) is 0.806. The minimum atomic E-state index is -0.830. The molecule has 0 saturated heterocycles. The number of hydrogen-bond acceptors (Lipinski definition) is 2. The second-order valence-corrected chi connectivity index (χ2v) is 4.11. The van der Waals surface area contributed by atoms with Gasteiger partial charge in [-0.05, 0) is 24.7 Å². The summed E-state index contributed by atoms with van der Waals surface area (Å²) in [4.78, 5) is 21.3. The minimum absolute atomic E-state index is 0.0972. The lowest BCUT2D eigenvalue weighted by Gasteiger charge is -2.05. The molecule has 5 nitrogen and oxygen atoms in total. The van der Waals surface area contributed by atoms with Crippen molar-refractivity contribution in [2.45, 2.75) is 26.2 Å². The Bertz CT molecular complexity index is 243. The van der Waals surface area contributed by atoms with E-state index in [0.29, 0.717) is 18.9 Å². The highest BCUT2D eigenvalue weighted by atomic mass is 16.4. The van der Waals surface area contributed by atoms with E-state index < -0.39 is 5.97 Å². The van der Waals surface area contributed by atoms with Crippen molar-refractivity contribution in [1.29, 1.82) is 0 Å². The van der Waals surface area contributed by atoms with Gasteiger partial charge in [-0.3, -0.25) is 4.79 Å². The molecule has 1 aliphatic rings. The lowest BCUT2D eigenvalue weighted by Crippen LogP contribution is -2.37. The lowest BCUT2D eigenvalue weighted by atomic mass is 10.3. The maximum absolute atomic E-state index is 11.2. The minimum Gasteiger partial charge on any atom is -0.481 e. The Balaban J connectivity index is 1.91. The Morgan fingerprint density at radius 2 is 2.07 bits per heavy atom. The third-order valence-corrected chi connectivity index (χ3v) is 2.65. The van der Waals surface area contributed by atoms with E-state index in [-0.39, 0.29) is 12.5 Å². The van der Waals surface area contributed by atoms with Gasteiger partial charge in [0.25, 0.3) is 0 Å². The number of urea groups is 1. The third kappa shape index (κ3) is 5.24. The van der Waals surface area contributed by atoms with Gasteiger partial charge in [-0.1, -0.05) is 6.92 Å². The summed E-state index contributed by atoms with van der Waals surface area (Å²) in [5.74, 6) is 0.538. The molecule has 0 aromatic carbocycles. The van der Waals surface area contributed by atoms with Gasteiger partial charge < -0.3 is 15.7 Å². The summed E-state index contributed by atoms with van der Waals surface area (Å²) in [7, 11) is 0. The molecule has 0 aliphatic heterocycles. The first-order valence-corrected chi connectivity index (χ1v) is 5.33. The van der Waals surface area contributed by atoms with Crippen molar-refractivity contribution in [2.24, 2.45) is 11.8 Å². The molecular formula is C10H18N2O3. The highest BCUT2D eigenvalue weighted by molar-refractivity contribution is 5.73. The number of amides is 2. The van der Waals surface area contributed by atoms with Crippen LogP contribution in [0.15, 0.2) is 0 Å². The maximum Gasteiger partial charge on any atom is 0.314 e. The van der Waals surface area contributed by atoms with Crippen LogP contribution in [0.5, 0.6) is 0 Å². The molecule has 0 bridgehead atoms. The zero-order chi connectivity index (χ0) is 11.3. The van der Waals surface area contributed by atoms with E-state index in [1.165, 1.54) is 6.42 Å². The van der Waals surface area contributed by atoms with Crippen molar-refractivity contribution in [3.8, 4) is 0 Å². The highest BCUT2D eigenvalue weighted by Gasteiger charge is 2.32. The average molecular weight is 214 g/mol. The van der Waals surface area contributed by atoms with E-state index in [2.05, 4.69) is 17.6 Å². The van der Waals surface area contributed by atoms with Crippen molar-refractivity contribution in [3.63, 3.8) is 0 Å². The van der Waals surface area contributed by atoms with Crippen LogP contribution in [0.25, 0.3) is 0 Å². The van der Waals surface area contributed by atoms with Crippen LogP contribution in [-0.4, -0.2) is 30.2 Å². The van der Waals surface area contributed by atoms with Crippen molar-refractivity contribution in [1.82, 2.24) is 10.6 Å². The van der Waals surface area contributed by atoms with Crippen molar-refractivity contribution >= 4 is 12.0 Å². The Kier molecular flexibility index (Phi) is 4.39. The summed E-state index contributed by atoms with van der Waals surface area (Å²) in [6.45, 7) is 3.31. The molecule has 0 radical (unpaired) electrons. The quantitative estimate of drug-likeness (QED) is 0.572.